The van der Waals surface area contributed by atoms with Crippen LogP contribution in [0.15, 0.2) is 30.5 Å². The molecule has 1 atom stereocenters. The molecule has 1 aromatic heterocycles. The number of aromatic nitrogens is 2. The van der Waals surface area contributed by atoms with Gasteiger partial charge in [-0.1, -0.05) is 29.8 Å². The molecule has 8 heteroatoms. The van der Waals surface area contributed by atoms with Crippen LogP contribution in [0.25, 0.3) is 11.3 Å². The van der Waals surface area contributed by atoms with Gasteiger partial charge in [-0.25, -0.2) is 4.79 Å². The summed E-state index contributed by atoms with van der Waals surface area (Å²) in [6.07, 6.45) is 1.60. The molecule has 0 fully saturated rings. The maximum Gasteiger partial charge on any atom is 0.328 e. The molecule has 0 aliphatic carbocycles. The minimum absolute atomic E-state index is 0.143. The maximum absolute atomic E-state index is 12.8. The normalized spacial score (nSPS) is 12.7. The van der Waals surface area contributed by atoms with Crippen molar-refractivity contribution in [2.75, 3.05) is 13.7 Å². The van der Waals surface area contributed by atoms with E-state index in [1.54, 1.807) is 35.1 Å². The van der Waals surface area contributed by atoms with E-state index >= 15 is 0 Å². The Morgan fingerprint density at radius 2 is 2.00 bits per heavy atom. The number of methoxy groups -OCH3 is 1. The Bertz CT molecular complexity index is 811. The van der Waals surface area contributed by atoms with Gasteiger partial charge >= 0.3 is 5.97 Å². The number of nitrogens with one attached hydrogen (secondary N) is 1. The zero-order valence-corrected chi connectivity index (χ0v) is 15.9. The lowest BCUT2D eigenvalue weighted by Gasteiger charge is -2.18. The standard InChI is InChI=1S/C18H22ClN3O4/c1-18(2,3)22-9-12(16(23)20-14(10-26-4)17(24)25)15(21-22)11-7-5-6-8-13(11)19/h5-9,14H,10H2,1-4H3,(H,20,23)(H,24,25). The Hall–Kier alpha value is -2.38. The summed E-state index contributed by atoms with van der Waals surface area (Å²) < 4.78 is 6.52. The van der Waals surface area contributed by atoms with Crippen molar-refractivity contribution >= 4 is 23.5 Å². The molecule has 2 rings (SSSR count). The fourth-order valence-electron chi connectivity index (χ4n) is 2.31. The van der Waals surface area contributed by atoms with E-state index in [1.165, 1.54) is 7.11 Å². The van der Waals surface area contributed by atoms with E-state index < -0.39 is 17.9 Å². The minimum atomic E-state index is -1.18. The highest BCUT2D eigenvalue weighted by molar-refractivity contribution is 6.33. The molecule has 0 bridgehead atoms. The van der Waals surface area contributed by atoms with Crippen LogP contribution in [0.4, 0.5) is 0 Å². The van der Waals surface area contributed by atoms with Gasteiger partial charge in [0.05, 0.1) is 22.7 Å². The fraction of sp³-hybridized carbons (Fsp3) is 0.389. The average molecular weight is 380 g/mol. The molecule has 0 radical (unpaired) electrons. The Kier molecular flexibility index (Phi) is 6.05. The third-order valence-corrected chi connectivity index (χ3v) is 4.04. The second-order valence-corrected chi connectivity index (χ2v) is 7.21. The lowest BCUT2D eigenvalue weighted by molar-refractivity contribution is -0.140. The number of carbonyl (C=O) groups is 2. The van der Waals surface area contributed by atoms with Crippen molar-refractivity contribution < 1.29 is 19.4 Å². The summed E-state index contributed by atoms with van der Waals surface area (Å²) in [4.78, 5) is 24.0. The number of ether oxygens (including phenoxy) is 1. The first-order valence-corrected chi connectivity index (χ1v) is 8.40. The summed E-state index contributed by atoms with van der Waals surface area (Å²) in [5.41, 5.74) is 0.869. The summed E-state index contributed by atoms with van der Waals surface area (Å²) in [5, 5.41) is 16.7. The number of carboxylic acid groups (broad SMARTS) is 1. The smallest absolute Gasteiger partial charge is 0.328 e. The molecule has 0 saturated heterocycles. The van der Waals surface area contributed by atoms with E-state index in [2.05, 4.69) is 10.4 Å². The minimum Gasteiger partial charge on any atom is -0.480 e. The number of benzene rings is 1. The van der Waals surface area contributed by atoms with E-state index in [0.29, 0.717) is 16.3 Å². The SMILES string of the molecule is COCC(NC(=O)c1cn(C(C)(C)C)nc1-c1ccccc1Cl)C(=O)O. The van der Waals surface area contributed by atoms with Gasteiger partial charge in [-0.15, -0.1) is 0 Å². The molecule has 0 aliphatic rings. The highest BCUT2D eigenvalue weighted by Gasteiger charge is 2.27. The van der Waals surface area contributed by atoms with Crippen molar-refractivity contribution in [1.82, 2.24) is 15.1 Å². The number of aliphatic carboxylic acids is 1. The van der Waals surface area contributed by atoms with E-state index in [-0.39, 0.29) is 17.7 Å². The third-order valence-electron chi connectivity index (χ3n) is 3.71. The molecule has 7 nitrogen and oxygen atoms in total. The van der Waals surface area contributed by atoms with Gasteiger partial charge in [-0.2, -0.15) is 5.10 Å². The molecule has 1 unspecified atom stereocenters. The highest BCUT2D eigenvalue weighted by Crippen LogP contribution is 2.30. The lowest BCUT2D eigenvalue weighted by Crippen LogP contribution is -2.43. The second-order valence-electron chi connectivity index (χ2n) is 6.81. The summed E-state index contributed by atoms with van der Waals surface area (Å²) in [6, 6.07) is 5.89. The van der Waals surface area contributed by atoms with E-state index in [1.807, 2.05) is 20.8 Å². The number of halogens is 1. The summed E-state index contributed by atoms with van der Waals surface area (Å²) >= 11 is 6.27. The highest BCUT2D eigenvalue weighted by atomic mass is 35.5. The molecule has 1 amide bonds. The first-order chi connectivity index (χ1) is 12.1. The summed E-state index contributed by atoms with van der Waals surface area (Å²) in [7, 11) is 1.37. The molecule has 0 spiro atoms. The van der Waals surface area contributed by atoms with Crippen LogP contribution in [0.2, 0.25) is 5.02 Å². The number of nitrogens with zero attached hydrogens (tertiary/aromatic N) is 2. The van der Waals surface area contributed by atoms with Gasteiger partial charge in [0.2, 0.25) is 0 Å². The van der Waals surface area contributed by atoms with E-state index in [9.17, 15) is 14.7 Å². The molecule has 1 aromatic carbocycles. The number of hydrogen-bond acceptors (Lipinski definition) is 4. The van der Waals surface area contributed by atoms with Gasteiger partial charge in [0.25, 0.3) is 5.91 Å². The van der Waals surface area contributed by atoms with Crippen molar-refractivity contribution in [3.05, 3.63) is 41.0 Å². The largest absolute Gasteiger partial charge is 0.480 e. The topological polar surface area (TPSA) is 93.5 Å². The van der Waals surface area contributed by atoms with Crippen LogP contribution in [0.1, 0.15) is 31.1 Å². The molecule has 2 N–H and O–H groups in total. The zero-order valence-electron chi connectivity index (χ0n) is 15.1. The van der Waals surface area contributed by atoms with Gasteiger partial charge < -0.3 is 15.2 Å². The maximum atomic E-state index is 12.8. The van der Waals surface area contributed by atoms with Crippen LogP contribution < -0.4 is 5.32 Å². The van der Waals surface area contributed by atoms with Gasteiger partial charge in [-0.05, 0) is 26.8 Å². The van der Waals surface area contributed by atoms with Crippen molar-refractivity contribution in [3.8, 4) is 11.3 Å². The van der Waals surface area contributed by atoms with E-state index in [0.717, 1.165) is 0 Å². The molecule has 26 heavy (non-hydrogen) atoms. The van der Waals surface area contributed by atoms with Crippen molar-refractivity contribution in [3.63, 3.8) is 0 Å². The monoisotopic (exact) mass is 379 g/mol. The van der Waals surface area contributed by atoms with Crippen molar-refractivity contribution in [2.24, 2.45) is 0 Å². The first kappa shape index (κ1) is 19.9. The van der Waals surface area contributed by atoms with Crippen LogP contribution >= 0.6 is 11.6 Å². The van der Waals surface area contributed by atoms with Gasteiger partial charge in [0, 0.05) is 18.9 Å². The molecule has 0 saturated carbocycles. The molecule has 0 aliphatic heterocycles. The first-order valence-electron chi connectivity index (χ1n) is 8.02. The Morgan fingerprint density at radius 3 is 2.54 bits per heavy atom. The van der Waals surface area contributed by atoms with Gasteiger partial charge in [-0.3, -0.25) is 9.48 Å². The van der Waals surface area contributed by atoms with Gasteiger partial charge in [0.1, 0.15) is 5.69 Å². The number of hydrogen-bond donors (Lipinski definition) is 2. The average Bonchev–Trinajstić information content (AvgIpc) is 3.00. The number of carboxylic acids is 1. The molecule has 2 aromatic rings. The lowest BCUT2D eigenvalue weighted by atomic mass is 10.1. The number of rotatable bonds is 6. The zero-order chi connectivity index (χ0) is 19.5. The Labute approximate surface area is 156 Å². The van der Waals surface area contributed by atoms with Gasteiger partial charge in [0.15, 0.2) is 6.04 Å². The van der Waals surface area contributed by atoms with Crippen LogP contribution in [0.3, 0.4) is 0 Å². The molecule has 1 heterocycles. The van der Waals surface area contributed by atoms with Crippen molar-refractivity contribution in [2.45, 2.75) is 32.4 Å². The predicted octanol–water partition coefficient (Wildman–Crippen LogP) is 2.79. The third kappa shape index (κ3) is 4.42. The van der Waals surface area contributed by atoms with Crippen LogP contribution in [-0.2, 0) is 15.1 Å². The van der Waals surface area contributed by atoms with E-state index in [4.69, 9.17) is 16.3 Å². The predicted molar refractivity (Wildman–Crippen MR) is 98.4 cm³/mol. The fourth-order valence-corrected chi connectivity index (χ4v) is 2.54. The molecular weight excluding hydrogens is 358 g/mol. The quantitative estimate of drug-likeness (QED) is 0.804. The second kappa shape index (κ2) is 7.88. The molecule has 140 valence electrons. The number of carbonyl (C=O) groups excluding carboxylic acids is 1. The van der Waals surface area contributed by atoms with Crippen molar-refractivity contribution in [1.29, 1.82) is 0 Å². The van der Waals surface area contributed by atoms with Crippen LogP contribution in [-0.4, -0.2) is 46.5 Å². The summed E-state index contributed by atoms with van der Waals surface area (Å²) in [5.74, 6) is -1.73. The number of amides is 1. The Morgan fingerprint density at radius 1 is 1.35 bits per heavy atom. The Balaban J connectivity index is 2.49. The summed E-state index contributed by atoms with van der Waals surface area (Å²) in [6.45, 7) is 5.70. The van der Waals surface area contributed by atoms with Crippen LogP contribution in [0, 0.1) is 0 Å². The van der Waals surface area contributed by atoms with Crippen LogP contribution in [0.5, 0.6) is 0 Å². The molecular formula is C18H22ClN3O4.